The van der Waals surface area contributed by atoms with Crippen LogP contribution in [0.2, 0.25) is 0 Å². The van der Waals surface area contributed by atoms with Gasteiger partial charge in [-0.15, -0.1) is 0 Å². The maximum atomic E-state index is 4.17. The van der Waals surface area contributed by atoms with Crippen LogP contribution in [0, 0.1) is 0 Å². The molecule has 0 saturated heterocycles. The van der Waals surface area contributed by atoms with E-state index in [1.165, 1.54) is 43.4 Å². The Hall–Kier alpha value is -0.920. The Balaban J connectivity index is 2.24. The number of fused-ring (bicyclic) bond motifs is 1. The highest BCUT2D eigenvalue weighted by molar-refractivity contribution is 5.18. The van der Waals surface area contributed by atoms with Gasteiger partial charge in [-0.3, -0.25) is 0 Å². The van der Waals surface area contributed by atoms with Crippen molar-refractivity contribution in [3.63, 3.8) is 0 Å². The number of aromatic nitrogens is 2. The number of rotatable bonds is 0. The van der Waals surface area contributed by atoms with E-state index in [1.807, 2.05) is 0 Å². The van der Waals surface area contributed by atoms with E-state index in [9.17, 15) is 0 Å². The Morgan fingerprint density at radius 2 is 1.83 bits per heavy atom. The van der Waals surface area contributed by atoms with Crippen molar-refractivity contribution in [2.24, 2.45) is 0 Å². The quantitative estimate of drug-likeness (QED) is 0.584. The molecule has 2 rings (SSSR count). The standard InChI is InChI=1S/C10H14N2/c1-2-4-6-10-9(5-3-1)7-8-11-12-10/h7-8H,1-6H2. The Kier molecular flexibility index (Phi) is 2.35. The Labute approximate surface area is 73.0 Å². The summed E-state index contributed by atoms with van der Waals surface area (Å²) in [5.74, 6) is 0. The lowest BCUT2D eigenvalue weighted by molar-refractivity contribution is 0.603. The topological polar surface area (TPSA) is 25.8 Å². The third-order valence-electron chi connectivity index (χ3n) is 2.50. The number of hydrogen-bond donors (Lipinski definition) is 0. The van der Waals surface area contributed by atoms with E-state index in [0.29, 0.717) is 0 Å². The van der Waals surface area contributed by atoms with Gasteiger partial charge in [-0.25, -0.2) is 0 Å². The van der Waals surface area contributed by atoms with Gasteiger partial charge < -0.3 is 0 Å². The molecule has 12 heavy (non-hydrogen) atoms. The minimum atomic E-state index is 1.13. The third kappa shape index (κ3) is 1.63. The van der Waals surface area contributed by atoms with Crippen LogP contribution < -0.4 is 0 Å². The van der Waals surface area contributed by atoms with Gasteiger partial charge in [0.2, 0.25) is 0 Å². The molecule has 2 heteroatoms. The molecule has 1 aromatic heterocycles. The first kappa shape index (κ1) is 7.71. The summed E-state index contributed by atoms with van der Waals surface area (Å²) in [4.78, 5) is 0. The molecule has 0 amide bonds. The predicted octanol–water partition coefficient (Wildman–Crippen LogP) is 2.14. The summed E-state index contributed by atoms with van der Waals surface area (Å²) in [7, 11) is 0. The fraction of sp³-hybridized carbons (Fsp3) is 0.600. The molecule has 1 heterocycles. The first-order valence-electron chi connectivity index (χ1n) is 4.76. The van der Waals surface area contributed by atoms with Gasteiger partial charge >= 0.3 is 0 Å². The van der Waals surface area contributed by atoms with Gasteiger partial charge in [0.15, 0.2) is 0 Å². The van der Waals surface area contributed by atoms with Crippen LogP contribution in [0.25, 0.3) is 0 Å². The van der Waals surface area contributed by atoms with Gasteiger partial charge in [-0.2, -0.15) is 10.2 Å². The molecule has 0 fully saturated rings. The van der Waals surface area contributed by atoms with Crippen molar-refractivity contribution in [3.05, 3.63) is 23.5 Å². The van der Waals surface area contributed by atoms with E-state index in [-0.39, 0.29) is 0 Å². The summed E-state index contributed by atoms with van der Waals surface area (Å²) in [6.07, 6.45) is 9.47. The highest BCUT2D eigenvalue weighted by atomic mass is 15.1. The second kappa shape index (κ2) is 3.65. The van der Waals surface area contributed by atoms with Crippen LogP contribution in [0.3, 0.4) is 0 Å². The lowest BCUT2D eigenvalue weighted by Crippen LogP contribution is -2.02. The number of nitrogens with zero attached hydrogens (tertiary/aromatic N) is 2. The van der Waals surface area contributed by atoms with Crippen LogP contribution in [0.15, 0.2) is 12.3 Å². The predicted molar refractivity (Wildman–Crippen MR) is 47.9 cm³/mol. The van der Waals surface area contributed by atoms with Gasteiger partial charge in [0, 0.05) is 6.20 Å². The van der Waals surface area contributed by atoms with E-state index in [2.05, 4.69) is 16.3 Å². The zero-order chi connectivity index (χ0) is 8.23. The smallest absolute Gasteiger partial charge is 0.0663 e. The molecule has 0 aliphatic heterocycles. The summed E-state index contributed by atoms with van der Waals surface area (Å²) < 4.78 is 0. The molecular weight excluding hydrogens is 148 g/mol. The van der Waals surface area contributed by atoms with Crippen molar-refractivity contribution in [1.82, 2.24) is 10.2 Å². The van der Waals surface area contributed by atoms with Crippen molar-refractivity contribution >= 4 is 0 Å². The average molecular weight is 162 g/mol. The van der Waals surface area contributed by atoms with Crippen LogP contribution >= 0.6 is 0 Å². The van der Waals surface area contributed by atoms with E-state index < -0.39 is 0 Å². The van der Waals surface area contributed by atoms with Crippen molar-refractivity contribution in [3.8, 4) is 0 Å². The van der Waals surface area contributed by atoms with Crippen molar-refractivity contribution in [1.29, 1.82) is 0 Å². The van der Waals surface area contributed by atoms with Crippen molar-refractivity contribution < 1.29 is 0 Å². The lowest BCUT2D eigenvalue weighted by Gasteiger charge is -2.10. The molecule has 0 spiro atoms. The van der Waals surface area contributed by atoms with Crippen LogP contribution in [0.4, 0.5) is 0 Å². The molecule has 1 aliphatic rings. The fourth-order valence-electron chi connectivity index (χ4n) is 1.79. The number of aryl methyl sites for hydroxylation is 2. The molecule has 0 radical (unpaired) electrons. The molecule has 0 saturated carbocycles. The van der Waals surface area contributed by atoms with Crippen LogP contribution in [-0.2, 0) is 12.8 Å². The number of hydrogen-bond acceptors (Lipinski definition) is 2. The summed E-state index contributed by atoms with van der Waals surface area (Å²) in [5.41, 5.74) is 2.65. The van der Waals surface area contributed by atoms with Gasteiger partial charge in [0.1, 0.15) is 0 Å². The molecule has 1 aliphatic carbocycles. The van der Waals surface area contributed by atoms with Gasteiger partial charge in [-0.1, -0.05) is 12.8 Å². The summed E-state index contributed by atoms with van der Waals surface area (Å²) in [6.45, 7) is 0. The minimum Gasteiger partial charge on any atom is -0.159 e. The molecule has 0 aromatic carbocycles. The molecule has 1 aromatic rings. The Bertz CT molecular complexity index is 231. The lowest BCUT2D eigenvalue weighted by atomic mass is 9.98. The highest BCUT2D eigenvalue weighted by Gasteiger charge is 2.06. The summed E-state index contributed by atoms with van der Waals surface area (Å²) in [6, 6.07) is 2.12. The molecule has 0 unspecified atom stereocenters. The Morgan fingerprint density at radius 1 is 1.00 bits per heavy atom. The van der Waals surface area contributed by atoms with E-state index in [1.54, 1.807) is 6.20 Å². The minimum absolute atomic E-state index is 1.13. The first-order chi connectivity index (χ1) is 5.97. The van der Waals surface area contributed by atoms with E-state index in [0.717, 1.165) is 6.42 Å². The van der Waals surface area contributed by atoms with Gasteiger partial charge in [0.25, 0.3) is 0 Å². The largest absolute Gasteiger partial charge is 0.159 e. The summed E-state index contributed by atoms with van der Waals surface area (Å²) in [5, 5.41) is 8.09. The molecule has 0 bridgehead atoms. The second-order valence-electron chi connectivity index (χ2n) is 3.42. The van der Waals surface area contributed by atoms with Crippen molar-refractivity contribution in [2.45, 2.75) is 38.5 Å². The van der Waals surface area contributed by atoms with Crippen LogP contribution in [0.1, 0.15) is 36.9 Å². The molecule has 0 N–H and O–H groups in total. The third-order valence-corrected chi connectivity index (χ3v) is 2.50. The monoisotopic (exact) mass is 162 g/mol. The maximum absolute atomic E-state index is 4.17. The van der Waals surface area contributed by atoms with Gasteiger partial charge in [-0.05, 0) is 37.3 Å². The van der Waals surface area contributed by atoms with Crippen molar-refractivity contribution in [2.75, 3.05) is 0 Å². The zero-order valence-corrected chi connectivity index (χ0v) is 7.29. The van der Waals surface area contributed by atoms with E-state index >= 15 is 0 Å². The maximum Gasteiger partial charge on any atom is 0.0663 e. The molecule has 64 valence electrons. The molecule has 0 atom stereocenters. The van der Waals surface area contributed by atoms with E-state index in [4.69, 9.17) is 0 Å². The summed E-state index contributed by atoms with van der Waals surface area (Å²) >= 11 is 0. The second-order valence-corrected chi connectivity index (χ2v) is 3.42. The molecule has 2 nitrogen and oxygen atoms in total. The van der Waals surface area contributed by atoms with Crippen LogP contribution in [-0.4, -0.2) is 10.2 Å². The zero-order valence-electron chi connectivity index (χ0n) is 7.29. The average Bonchev–Trinajstić information content (AvgIpc) is 2.06. The highest BCUT2D eigenvalue weighted by Crippen LogP contribution is 2.16. The van der Waals surface area contributed by atoms with Gasteiger partial charge in [0.05, 0.1) is 5.69 Å². The van der Waals surface area contributed by atoms with Crippen LogP contribution in [0.5, 0.6) is 0 Å². The fourth-order valence-corrected chi connectivity index (χ4v) is 1.79. The Morgan fingerprint density at radius 3 is 2.75 bits per heavy atom. The first-order valence-corrected chi connectivity index (χ1v) is 4.76. The SMILES string of the molecule is c1cc2c(nn1)CCCCCC2. The molecular formula is C10H14N2. The normalized spacial score (nSPS) is 17.7.